The van der Waals surface area contributed by atoms with Gasteiger partial charge in [-0.05, 0) is 37.5 Å². The first kappa shape index (κ1) is 72.1. The van der Waals surface area contributed by atoms with Gasteiger partial charge in [0.25, 0.3) is 0 Å². The minimum Gasteiger partial charge on any atom is -0.462 e. The van der Waals surface area contributed by atoms with Crippen LogP contribution < -0.4 is 0 Å². The van der Waals surface area contributed by atoms with Crippen molar-refractivity contribution < 1.29 is 80.2 Å². The molecule has 4 unspecified atom stereocenters. The van der Waals surface area contributed by atoms with E-state index in [1.54, 1.807) is 0 Å². The van der Waals surface area contributed by atoms with E-state index in [0.717, 1.165) is 115 Å². The fourth-order valence-corrected chi connectivity index (χ4v) is 9.45. The van der Waals surface area contributed by atoms with Crippen molar-refractivity contribution in [2.45, 2.75) is 278 Å². The first-order valence-corrected chi connectivity index (χ1v) is 32.1. The Labute approximate surface area is 447 Å². The molecule has 0 aliphatic carbocycles. The summed E-state index contributed by atoms with van der Waals surface area (Å²) in [7, 11) is -9.86. The van der Waals surface area contributed by atoms with Crippen LogP contribution in [-0.4, -0.2) is 96.7 Å². The Bertz CT molecular complexity index is 1480. The van der Waals surface area contributed by atoms with Crippen LogP contribution >= 0.6 is 15.6 Å². The quantitative estimate of drug-likeness (QED) is 0.0222. The molecule has 19 heteroatoms. The molecule has 3 N–H and O–H groups in total. The number of phosphoric ester groups is 2. The molecular weight excluding hydrogens is 995 g/mol. The molecule has 0 bridgehead atoms. The minimum absolute atomic E-state index is 0.102. The Morgan fingerprint density at radius 2 is 0.649 bits per heavy atom. The molecule has 438 valence electrons. The zero-order chi connectivity index (χ0) is 55.1. The van der Waals surface area contributed by atoms with Gasteiger partial charge in [0.15, 0.2) is 12.2 Å². The van der Waals surface area contributed by atoms with E-state index in [1.807, 2.05) is 0 Å². The minimum atomic E-state index is -4.93. The standard InChI is InChI=1S/C55H106O17P2/c1-7-11-13-15-16-17-18-27-33-39-54(59)71-50(43-65-52(57)37-31-23-14-12-8-2)45-69-73(61,62)67-41-49(56)42-68-74(63,64)70-46-51(72-55(60)40-34-28-22-20-25-30-36-48(6)10-4)44-66-53(58)38-32-26-21-19-24-29-35-47(5)9-3/h47-51,56H,7-46H2,1-6H3,(H,61,62)(H,63,64)/t47?,48?,49-,50+,51+/m0/s1. The van der Waals surface area contributed by atoms with E-state index in [2.05, 4.69) is 41.5 Å². The Hall–Kier alpha value is -1.94. The molecule has 17 nitrogen and oxygen atoms in total. The summed E-state index contributed by atoms with van der Waals surface area (Å²) in [6.45, 7) is 9.22. The Morgan fingerprint density at radius 1 is 0.378 bits per heavy atom. The van der Waals surface area contributed by atoms with E-state index in [0.29, 0.717) is 25.7 Å². The fourth-order valence-electron chi connectivity index (χ4n) is 7.88. The van der Waals surface area contributed by atoms with Crippen molar-refractivity contribution in [3.63, 3.8) is 0 Å². The molecule has 7 atom stereocenters. The Morgan fingerprint density at radius 3 is 0.959 bits per heavy atom. The summed E-state index contributed by atoms with van der Waals surface area (Å²) in [6.07, 6.45) is 27.0. The number of carbonyl (C=O) groups excluding carboxylic acids is 4. The normalized spacial score (nSPS) is 15.3. The number of rotatable bonds is 54. The number of aliphatic hydroxyl groups is 1. The van der Waals surface area contributed by atoms with Gasteiger partial charge < -0.3 is 33.8 Å². The van der Waals surface area contributed by atoms with Crippen molar-refractivity contribution in [2.24, 2.45) is 11.8 Å². The molecule has 0 radical (unpaired) electrons. The van der Waals surface area contributed by atoms with Crippen molar-refractivity contribution in [1.82, 2.24) is 0 Å². The largest absolute Gasteiger partial charge is 0.472 e. The van der Waals surface area contributed by atoms with Gasteiger partial charge in [0.1, 0.15) is 19.3 Å². The summed E-state index contributed by atoms with van der Waals surface area (Å²) < 4.78 is 67.3. The highest BCUT2D eigenvalue weighted by Crippen LogP contribution is 2.45. The van der Waals surface area contributed by atoms with Gasteiger partial charge in [-0.15, -0.1) is 0 Å². The molecule has 0 aromatic carbocycles. The molecule has 0 aromatic heterocycles. The number of hydrogen-bond donors (Lipinski definition) is 3. The van der Waals surface area contributed by atoms with Gasteiger partial charge in [-0.2, -0.15) is 0 Å². The molecule has 0 amide bonds. The van der Waals surface area contributed by atoms with E-state index in [1.165, 1.54) is 64.2 Å². The number of unbranched alkanes of at least 4 members (excludes halogenated alkanes) is 22. The van der Waals surface area contributed by atoms with Crippen molar-refractivity contribution in [3.05, 3.63) is 0 Å². The van der Waals surface area contributed by atoms with E-state index in [-0.39, 0.29) is 25.7 Å². The van der Waals surface area contributed by atoms with E-state index in [9.17, 15) is 43.2 Å². The molecule has 0 aliphatic rings. The van der Waals surface area contributed by atoms with Gasteiger partial charge in [0, 0.05) is 25.7 Å². The molecule has 0 rings (SSSR count). The highest BCUT2D eigenvalue weighted by atomic mass is 31.2. The zero-order valence-electron chi connectivity index (χ0n) is 47.1. The molecule has 0 heterocycles. The van der Waals surface area contributed by atoms with Crippen molar-refractivity contribution >= 4 is 39.5 Å². The molecule has 74 heavy (non-hydrogen) atoms. The summed E-state index contributed by atoms with van der Waals surface area (Å²) >= 11 is 0. The molecule has 0 aromatic rings. The predicted molar refractivity (Wildman–Crippen MR) is 289 cm³/mol. The predicted octanol–water partition coefficient (Wildman–Crippen LogP) is 14.1. The summed E-state index contributed by atoms with van der Waals surface area (Å²) in [5.41, 5.74) is 0. The molecule has 0 fully saturated rings. The molecule has 0 aliphatic heterocycles. The highest BCUT2D eigenvalue weighted by Gasteiger charge is 2.30. The first-order valence-electron chi connectivity index (χ1n) is 29.1. The summed E-state index contributed by atoms with van der Waals surface area (Å²) in [5.74, 6) is -0.711. The average molecular weight is 1100 g/mol. The van der Waals surface area contributed by atoms with Crippen LogP contribution in [0.4, 0.5) is 0 Å². The maximum atomic E-state index is 12.9. The second-order valence-electron chi connectivity index (χ2n) is 20.5. The highest BCUT2D eigenvalue weighted by molar-refractivity contribution is 7.47. The average Bonchev–Trinajstić information content (AvgIpc) is 3.37. The maximum absolute atomic E-state index is 12.9. The molecular formula is C55H106O17P2. The van der Waals surface area contributed by atoms with Gasteiger partial charge in [-0.25, -0.2) is 9.13 Å². The molecule has 0 saturated carbocycles. The summed E-state index contributed by atoms with van der Waals surface area (Å²) in [5, 5.41) is 10.5. The number of ether oxygens (including phenoxy) is 4. The lowest BCUT2D eigenvalue weighted by atomic mass is 10.00. The van der Waals surface area contributed by atoms with Crippen LogP contribution in [0.5, 0.6) is 0 Å². The van der Waals surface area contributed by atoms with Crippen molar-refractivity contribution in [1.29, 1.82) is 0 Å². The Balaban J connectivity index is 5.20. The van der Waals surface area contributed by atoms with Gasteiger partial charge in [-0.3, -0.25) is 37.3 Å². The van der Waals surface area contributed by atoms with E-state index >= 15 is 0 Å². The third-order valence-electron chi connectivity index (χ3n) is 13.2. The van der Waals surface area contributed by atoms with E-state index < -0.39 is 97.5 Å². The van der Waals surface area contributed by atoms with Crippen molar-refractivity contribution in [2.75, 3.05) is 39.6 Å². The van der Waals surface area contributed by atoms with Gasteiger partial charge in [-0.1, -0.05) is 208 Å². The third kappa shape index (κ3) is 47.3. The van der Waals surface area contributed by atoms with Crippen LogP contribution in [0.15, 0.2) is 0 Å². The fraction of sp³-hybridized carbons (Fsp3) is 0.927. The van der Waals surface area contributed by atoms with Crippen LogP contribution in [0.1, 0.15) is 260 Å². The Kier molecular flexibility index (Phi) is 46.9. The van der Waals surface area contributed by atoms with Crippen molar-refractivity contribution in [3.8, 4) is 0 Å². The van der Waals surface area contributed by atoms with Crippen LogP contribution in [0.2, 0.25) is 0 Å². The SMILES string of the molecule is CCCCCCCCCCCC(=O)O[C@H](COC(=O)CCCCCCC)COP(=O)(O)OC[C@H](O)COP(=O)(O)OC[C@@H](COC(=O)CCCCCCCCC(C)CC)OC(=O)CCCCCCCCC(C)CC. The number of carbonyl (C=O) groups is 4. The smallest absolute Gasteiger partial charge is 0.462 e. The van der Waals surface area contributed by atoms with Crippen LogP contribution in [-0.2, 0) is 65.4 Å². The second-order valence-corrected chi connectivity index (χ2v) is 23.4. The maximum Gasteiger partial charge on any atom is 0.472 e. The number of aliphatic hydroxyl groups excluding tert-OH is 1. The number of phosphoric acid groups is 2. The van der Waals surface area contributed by atoms with Crippen LogP contribution in [0, 0.1) is 11.8 Å². The second kappa shape index (κ2) is 48.2. The molecule has 0 saturated heterocycles. The lowest BCUT2D eigenvalue weighted by Gasteiger charge is -2.21. The van der Waals surface area contributed by atoms with Gasteiger partial charge >= 0.3 is 39.5 Å². The third-order valence-corrected chi connectivity index (χ3v) is 15.1. The van der Waals surface area contributed by atoms with Gasteiger partial charge in [0.2, 0.25) is 0 Å². The number of esters is 4. The summed E-state index contributed by atoms with van der Waals surface area (Å²) in [4.78, 5) is 71.5. The lowest BCUT2D eigenvalue weighted by molar-refractivity contribution is -0.161. The van der Waals surface area contributed by atoms with Crippen LogP contribution in [0.3, 0.4) is 0 Å². The van der Waals surface area contributed by atoms with E-state index in [4.69, 9.17) is 37.0 Å². The number of hydrogen-bond acceptors (Lipinski definition) is 15. The summed E-state index contributed by atoms with van der Waals surface area (Å²) in [6, 6.07) is 0. The zero-order valence-corrected chi connectivity index (χ0v) is 48.9. The van der Waals surface area contributed by atoms with Crippen LogP contribution in [0.25, 0.3) is 0 Å². The molecule has 0 spiro atoms. The van der Waals surface area contributed by atoms with Gasteiger partial charge in [0.05, 0.1) is 26.4 Å². The topological polar surface area (TPSA) is 237 Å². The first-order chi connectivity index (χ1) is 35.4. The monoisotopic (exact) mass is 1100 g/mol. The lowest BCUT2D eigenvalue weighted by Crippen LogP contribution is -2.30.